The molecule has 0 aliphatic heterocycles. The first-order chi connectivity index (χ1) is 4.20. The second kappa shape index (κ2) is 2.48. The minimum absolute atomic E-state index is 0.0711. The van der Waals surface area contributed by atoms with Gasteiger partial charge >= 0.3 is 0 Å². The van der Waals surface area contributed by atoms with E-state index < -0.39 is 5.82 Å². The average molecular weight is 186 g/mol. The molecule has 0 aliphatic rings. The van der Waals surface area contributed by atoms with Crippen LogP contribution >= 0.6 is 15.9 Å². The van der Waals surface area contributed by atoms with Gasteiger partial charge in [0.25, 0.3) is 0 Å². The van der Waals surface area contributed by atoms with Crippen LogP contribution in [0.3, 0.4) is 0 Å². The Morgan fingerprint density at radius 1 is 1.67 bits per heavy atom. The lowest BCUT2D eigenvalue weighted by atomic mass is 10.0. The number of hydrogen-bond donors (Lipinski definition) is 0. The first kappa shape index (κ1) is 6.74. The second-order valence-electron chi connectivity index (χ2n) is 1.52. The quantitative estimate of drug-likeness (QED) is 0.545. The van der Waals surface area contributed by atoms with Gasteiger partial charge in [0, 0.05) is 16.3 Å². The Balaban J connectivity index is 3.17. The largest absolute Gasteiger partial charge is 0.269 e. The predicted octanol–water partition coefficient (Wildman–Crippen LogP) is 0.777. The summed E-state index contributed by atoms with van der Waals surface area (Å²) in [5.41, 5.74) is -0.0711. The smallest absolute Gasteiger partial charge is 0.145 e. The van der Waals surface area contributed by atoms with Crippen LogP contribution in [0.5, 0.6) is 0 Å². The molecule has 0 N–H and O–H groups in total. The molecule has 1 rings (SSSR count). The minimum atomic E-state index is -0.496. The van der Waals surface area contributed by atoms with Crippen molar-refractivity contribution in [3.05, 3.63) is 22.6 Å². The molecule has 1 heterocycles. The standard InChI is InChI=1S/C5H2BBrFN/c6-5-4(8)1-3(7)2-9-5/h1-2H. The molecular formula is C5H2BBrFN. The monoisotopic (exact) mass is 185 g/mol. The summed E-state index contributed by atoms with van der Waals surface area (Å²) in [6.07, 6.45) is 1.44. The van der Waals surface area contributed by atoms with E-state index in [9.17, 15) is 4.39 Å². The number of nitrogens with zero attached hydrogens (tertiary/aromatic N) is 1. The molecule has 44 valence electrons. The minimum Gasteiger partial charge on any atom is -0.269 e. The Bertz CT molecular complexity index is 228. The van der Waals surface area contributed by atoms with E-state index in [0.717, 1.165) is 0 Å². The van der Waals surface area contributed by atoms with Crippen molar-refractivity contribution >= 4 is 29.4 Å². The Hall–Kier alpha value is -0.375. The van der Waals surface area contributed by atoms with Crippen molar-refractivity contribution in [3.63, 3.8) is 0 Å². The summed E-state index contributed by atoms with van der Waals surface area (Å²) in [6, 6.07) is 1.27. The van der Waals surface area contributed by atoms with Gasteiger partial charge in [-0.1, -0.05) is 0 Å². The molecule has 1 aromatic heterocycles. The maximum atomic E-state index is 12.4. The van der Waals surface area contributed by atoms with Crippen molar-refractivity contribution in [2.75, 3.05) is 0 Å². The summed E-state index contributed by atoms with van der Waals surface area (Å²) in [7, 11) is 5.08. The molecule has 1 aromatic rings. The summed E-state index contributed by atoms with van der Waals surface area (Å²) < 4.78 is 13.0. The van der Waals surface area contributed by atoms with Gasteiger partial charge in [-0.3, -0.25) is 4.98 Å². The van der Waals surface area contributed by atoms with Crippen molar-refractivity contribution in [3.8, 4) is 0 Å². The molecule has 0 aliphatic carbocycles. The fourth-order valence-electron chi connectivity index (χ4n) is 0.425. The van der Waals surface area contributed by atoms with Gasteiger partial charge < -0.3 is 0 Å². The highest BCUT2D eigenvalue weighted by Crippen LogP contribution is 2.05. The molecule has 1 nitrogen and oxygen atoms in total. The average Bonchev–Trinajstić information content (AvgIpc) is 1.80. The highest BCUT2D eigenvalue weighted by atomic mass is 79.9. The summed E-state index contributed by atoms with van der Waals surface area (Å²) in [5.74, 6) is -0.496. The second-order valence-corrected chi connectivity index (χ2v) is 2.44. The van der Waals surface area contributed by atoms with Crippen LogP contribution in [0, 0.1) is 5.82 Å². The van der Waals surface area contributed by atoms with Gasteiger partial charge in [-0.2, -0.15) is 0 Å². The van der Waals surface area contributed by atoms with Gasteiger partial charge in [-0.05, 0) is 22.0 Å². The lowest BCUT2D eigenvalue weighted by molar-refractivity contribution is 0.630. The van der Waals surface area contributed by atoms with E-state index >= 15 is 0 Å². The molecule has 0 bridgehead atoms. The molecule has 2 radical (unpaired) electrons. The number of halogens is 2. The SMILES string of the molecule is [B]c1ncc(Br)cc1F. The molecule has 0 unspecified atom stereocenters. The predicted molar refractivity (Wildman–Crippen MR) is 37.3 cm³/mol. The zero-order valence-corrected chi connectivity index (χ0v) is 6.02. The molecule has 9 heavy (non-hydrogen) atoms. The van der Waals surface area contributed by atoms with E-state index in [1.807, 2.05) is 0 Å². The third-order valence-electron chi connectivity index (χ3n) is 0.836. The van der Waals surface area contributed by atoms with Crippen LogP contribution in [0.25, 0.3) is 0 Å². The Kier molecular flexibility index (Phi) is 1.85. The highest BCUT2D eigenvalue weighted by molar-refractivity contribution is 9.10. The van der Waals surface area contributed by atoms with E-state index in [1.165, 1.54) is 12.3 Å². The summed E-state index contributed by atoms with van der Waals surface area (Å²) in [5, 5.41) is 0. The van der Waals surface area contributed by atoms with Crippen molar-refractivity contribution in [2.24, 2.45) is 0 Å². The number of hydrogen-bond acceptors (Lipinski definition) is 1. The molecule has 0 spiro atoms. The summed E-state index contributed by atoms with van der Waals surface area (Å²) in [4.78, 5) is 3.53. The summed E-state index contributed by atoms with van der Waals surface area (Å²) in [6.45, 7) is 0. The van der Waals surface area contributed by atoms with Gasteiger partial charge in [0.2, 0.25) is 0 Å². The lowest BCUT2D eigenvalue weighted by Gasteiger charge is -1.93. The van der Waals surface area contributed by atoms with Gasteiger partial charge in [0.1, 0.15) is 13.7 Å². The Labute approximate surface area is 61.8 Å². The van der Waals surface area contributed by atoms with Crippen LogP contribution in [0.4, 0.5) is 4.39 Å². The van der Waals surface area contributed by atoms with E-state index in [0.29, 0.717) is 4.47 Å². The number of aromatic nitrogens is 1. The number of pyridine rings is 1. The molecule has 0 aromatic carbocycles. The van der Waals surface area contributed by atoms with Crippen LogP contribution in [0.15, 0.2) is 16.7 Å². The van der Waals surface area contributed by atoms with Crippen molar-refractivity contribution in [2.45, 2.75) is 0 Å². The third-order valence-corrected chi connectivity index (χ3v) is 1.27. The topological polar surface area (TPSA) is 12.9 Å². The first-order valence-electron chi connectivity index (χ1n) is 2.26. The molecular weight excluding hydrogens is 184 g/mol. The van der Waals surface area contributed by atoms with Crippen molar-refractivity contribution in [1.29, 1.82) is 0 Å². The Morgan fingerprint density at radius 3 is 2.78 bits per heavy atom. The number of rotatable bonds is 0. The van der Waals surface area contributed by atoms with Crippen LogP contribution in [-0.4, -0.2) is 12.8 Å². The maximum Gasteiger partial charge on any atom is 0.145 e. The van der Waals surface area contributed by atoms with E-state index in [-0.39, 0.29) is 5.59 Å². The van der Waals surface area contributed by atoms with Gasteiger partial charge in [-0.15, -0.1) is 0 Å². The maximum absolute atomic E-state index is 12.4. The van der Waals surface area contributed by atoms with E-state index in [1.54, 1.807) is 0 Å². The zero-order chi connectivity index (χ0) is 6.85. The fraction of sp³-hybridized carbons (Fsp3) is 0. The molecule has 0 saturated carbocycles. The molecule has 0 fully saturated rings. The first-order valence-corrected chi connectivity index (χ1v) is 3.06. The van der Waals surface area contributed by atoms with Gasteiger partial charge in [0.15, 0.2) is 0 Å². The van der Waals surface area contributed by atoms with Gasteiger partial charge in [0.05, 0.1) is 0 Å². The van der Waals surface area contributed by atoms with Crippen LogP contribution < -0.4 is 5.59 Å². The van der Waals surface area contributed by atoms with Crippen molar-refractivity contribution < 1.29 is 4.39 Å². The van der Waals surface area contributed by atoms with Crippen LogP contribution in [0.2, 0.25) is 0 Å². The molecule has 0 amide bonds. The molecule has 0 atom stereocenters. The molecule has 4 heteroatoms. The van der Waals surface area contributed by atoms with E-state index in [4.69, 9.17) is 7.85 Å². The van der Waals surface area contributed by atoms with Crippen LogP contribution in [-0.2, 0) is 0 Å². The van der Waals surface area contributed by atoms with Crippen LogP contribution in [0.1, 0.15) is 0 Å². The van der Waals surface area contributed by atoms with Gasteiger partial charge in [-0.25, -0.2) is 4.39 Å². The lowest BCUT2D eigenvalue weighted by Crippen LogP contribution is -2.11. The highest BCUT2D eigenvalue weighted by Gasteiger charge is 1.95. The third kappa shape index (κ3) is 1.51. The normalized spacial score (nSPS) is 9.56. The summed E-state index contributed by atoms with van der Waals surface area (Å²) >= 11 is 3.04. The fourth-order valence-corrected chi connectivity index (χ4v) is 0.729. The van der Waals surface area contributed by atoms with Crippen molar-refractivity contribution in [1.82, 2.24) is 4.98 Å². The van der Waals surface area contributed by atoms with E-state index in [2.05, 4.69) is 20.9 Å². The Morgan fingerprint density at radius 2 is 2.33 bits per heavy atom. The molecule has 0 saturated heterocycles. The zero-order valence-electron chi connectivity index (χ0n) is 4.44.